The van der Waals surface area contributed by atoms with Gasteiger partial charge in [-0.05, 0) is 18.4 Å². The summed E-state index contributed by atoms with van der Waals surface area (Å²) in [6, 6.07) is 0. The van der Waals surface area contributed by atoms with E-state index in [0.29, 0.717) is 5.41 Å². The number of aromatic nitrogens is 3. The number of hydrogen-bond acceptors (Lipinski definition) is 3. The number of alkyl halides is 1. The normalized spacial score (nSPS) is 27.4. The molecule has 0 radical (unpaired) electrons. The van der Waals surface area contributed by atoms with Crippen molar-refractivity contribution in [1.29, 1.82) is 0 Å². The largest absolute Gasteiger partial charge is 0.297 e. The molecule has 1 aliphatic heterocycles. The Bertz CT molecular complexity index is 338. The average molecular weight is 273 g/mol. The maximum Gasteiger partial charge on any atom is 0.0967 e. The molecule has 0 saturated carbocycles. The lowest BCUT2D eigenvalue weighted by molar-refractivity contribution is 0.285. The Kier molecular flexibility index (Phi) is 3.11. The molecule has 1 saturated heterocycles. The van der Waals surface area contributed by atoms with Crippen LogP contribution in [0.1, 0.15) is 19.0 Å². The molecule has 1 fully saturated rings. The van der Waals surface area contributed by atoms with E-state index < -0.39 is 0 Å². The third-order valence-corrected chi connectivity index (χ3v) is 4.35. The van der Waals surface area contributed by atoms with Gasteiger partial charge < -0.3 is 0 Å². The van der Waals surface area contributed by atoms with Crippen molar-refractivity contribution in [3.8, 4) is 0 Å². The number of halogens is 1. The van der Waals surface area contributed by atoms with E-state index in [2.05, 4.69) is 38.1 Å². The van der Waals surface area contributed by atoms with E-state index in [0.717, 1.165) is 24.1 Å². The summed E-state index contributed by atoms with van der Waals surface area (Å²) in [7, 11) is 1.91. The summed E-state index contributed by atoms with van der Waals surface area (Å²) >= 11 is 3.59. The van der Waals surface area contributed by atoms with Crippen LogP contribution in [0.2, 0.25) is 0 Å². The zero-order valence-electron chi connectivity index (χ0n) is 9.28. The highest BCUT2D eigenvalue weighted by Gasteiger charge is 2.32. The highest BCUT2D eigenvalue weighted by atomic mass is 79.9. The molecule has 0 spiro atoms. The van der Waals surface area contributed by atoms with Crippen molar-refractivity contribution in [3.63, 3.8) is 0 Å². The Morgan fingerprint density at radius 1 is 1.60 bits per heavy atom. The molecule has 1 aromatic heterocycles. The number of aryl methyl sites for hydroxylation is 1. The topological polar surface area (TPSA) is 34.0 Å². The maximum absolute atomic E-state index is 4.11. The van der Waals surface area contributed by atoms with Gasteiger partial charge in [0.25, 0.3) is 0 Å². The summed E-state index contributed by atoms with van der Waals surface area (Å²) in [6.07, 6.45) is 3.25. The van der Waals surface area contributed by atoms with Gasteiger partial charge >= 0.3 is 0 Å². The fourth-order valence-electron chi connectivity index (χ4n) is 2.07. The molecule has 15 heavy (non-hydrogen) atoms. The Morgan fingerprint density at radius 2 is 2.40 bits per heavy atom. The number of rotatable bonds is 3. The van der Waals surface area contributed by atoms with Crippen LogP contribution < -0.4 is 0 Å². The zero-order chi connectivity index (χ0) is 10.9. The fourth-order valence-corrected chi connectivity index (χ4v) is 2.52. The number of hydrogen-bond donors (Lipinski definition) is 0. The molecular formula is C10H17BrN4. The summed E-state index contributed by atoms with van der Waals surface area (Å²) in [5.41, 5.74) is 1.50. The molecule has 4 nitrogen and oxygen atoms in total. The molecule has 84 valence electrons. The lowest BCUT2D eigenvalue weighted by atomic mass is 9.93. The second kappa shape index (κ2) is 4.22. The van der Waals surface area contributed by atoms with E-state index in [4.69, 9.17) is 0 Å². The van der Waals surface area contributed by atoms with Gasteiger partial charge in [-0.2, -0.15) is 0 Å². The molecule has 2 heterocycles. The maximum atomic E-state index is 4.11. The smallest absolute Gasteiger partial charge is 0.0967 e. The van der Waals surface area contributed by atoms with Crippen LogP contribution in [0.3, 0.4) is 0 Å². The highest BCUT2D eigenvalue weighted by Crippen LogP contribution is 2.32. The quantitative estimate of drug-likeness (QED) is 0.781. The number of likely N-dealkylation sites (tertiary alicyclic amines) is 1. The van der Waals surface area contributed by atoms with Gasteiger partial charge in [0.1, 0.15) is 0 Å². The number of nitrogens with zero attached hydrogens (tertiary/aromatic N) is 4. The Morgan fingerprint density at radius 3 is 2.93 bits per heavy atom. The van der Waals surface area contributed by atoms with Crippen molar-refractivity contribution in [1.82, 2.24) is 19.9 Å². The SMILES string of the molecule is Cn1cc(CN2CCC(C)(CBr)C2)nn1. The molecule has 0 N–H and O–H groups in total. The van der Waals surface area contributed by atoms with Crippen LogP contribution in [0.15, 0.2) is 6.20 Å². The highest BCUT2D eigenvalue weighted by molar-refractivity contribution is 9.09. The monoisotopic (exact) mass is 272 g/mol. The second-order valence-corrected chi connectivity index (χ2v) is 5.35. The zero-order valence-corrected chi connectivity index (χ0v) is 10.9. The molecule has 1 aromatic rings. The van der Waals surface area contributed by atoms with E-state index in [1.807, 2.05) is 13.2 Å². The van der Waals surface area contributed by atoms with E-state index in [9.17, 15) is 0 Å². The molecule has 0 amide bonds. The summed E-state index contributed by atoms with van der Waals surface area (Å²) in [5, 5.41) is 9.14. The molecule has 1 aliphatic rings. The van der Waals surface area contributed by atoms with Crippen molar-refractivity contribution in [2.45, 2.75) is 19.9 Å². The van der Waals surface area contributed by atoms with Crippen molar-refractivity contribution in [2.75, 3.05) is 18.4 Å². The van der Waals surface area contributed by atoms with E-state index >= 15 is 0 Å². The van der Waals surface area contributed by atoms with Gasteiger partial charge in [0.05, 0.1) is 5.69 Å². The van der Waals surface area contributed by atoms with Crippen LogP contribution in [0.25, 0.3) is 0 Å². The minimum Gasteiger partial charge on any atom is -0.297 e. The molecule has 5 heteroatoms. The van der Waals surface area contributed by atoms with Crippen molar-refractivity contribution in [2.24, 2.45) is 12.5 Å². The fraction of sp³-hybridized carbons (Fsp3) is 0.800. The van der Waals surface area contributed by atoms with Gasteiger partial charge in [-0.1, -0.05) is 28.1 Å². The molecule has 1 unspecified atom stereocenters. The van der Waals surface area contributed by atoms with Crippen molar-refractivity contribution >= 4 is 15.9 Å². The van der Waals surface area contributed by atoms with E-state index in [1.54, 1.807) is 4.68 Å². The first-order valence-corrected chi connectivity index (χ1v) is 6.37. The van der Waals surface area contributed by atoms with Crippen LogP contribution >= 0.6 is 15.9 Å². The van der Waals surface area contributed by atoms with Crippen LogP contribution in [0.4, 0.5) is 0 Å². The lowest BCUT2D eigenvalue weighted by Gasteiger charge is -2.21. The summed E-state index contributed by atoms with van der Waals surface area (Å²) in [5.74, 6) is 0. The first-order valence-electron chi connectivity index (χ1n) is 5.25. The van der Waals surface area contributed by atoms with Crippen LogP contribution in [0.5, 0.6) is 0 Å². The minimum atomic E-state index is 0.433. The predicted octanol–water partition coefficient (Wildman–Crippen LogP) is 1.42. The van der Waals surface area contributed by atoms with Crippen LogP contribution in [-0.4, -0.2) is 38.3 Å². The predicted molar refractivity (Wildman–Crippen MR) is 62.8 cm³/mol. The third-order valence-electron chi connectivity index (χ3n) is 3.00. The van der Waals surface area contributed by atoms with Gasteiger partial charge in [-0.3, -0.25) is 9.58 Å². The summed E-state index contributed by atoms with van der Waals surface area (Å²) < 4.78 is 1.76. The Hall–Kier alpha value is -0.420. The minimum absolute atomic E-state index is 0.433. The molecular weight excluding hydrogens is 256 g/mol. The standard InChI is InChI=1S/C10H17BrN4/c1-10(7-11)3-4-15(8-10)6-9-5-14(2)13-12-9/h5H,3-4,6-8H2,1-2H3. The van der Waals surface area contributed by atoms with E-state index in [-0.39, 0.29) is 0 Å². The average Bonchev–Trinajstić information content (AvgIpc) is 2.76. The molecule has 0 aliphatic carbocycles. The van der Waals surface area contributed by atoms with Crippen molar-refractivity contribution in [3.05, 3.63) is 11.9 Å². The molecule has 1 atom stereocenters. The Balaban J connectivity index is 1.92. The molecule has 0 aromatic carbocycles. The van der Waals surface area contributed by atoms with Gasteiger partial charge in [0.2, 0.25) is 0 Å². The van der Waals surface area contributed by atoms with Crippen molar-refractivity contribution < 1.29 is 0 Å². The Labute approximate surface area is 98.8 Å². The lowest BCUT2D eigenvalue weighted by Crippen LogP contribution is -2.25. The third kappa shape index (κ3) is 2.58. The summed E-state index contributed by atoms with van der Waals surface area (Å²) in [4.78, 5) is 2.45. The summed E-state index contributed by atoms with van der Waals surface area (Å²) in [6.45, 7) is 5.57. The van der Waals surface area contributed by atoms with Gasteiger partial charge in [-0.25, -0.2) is 0 Å². The van der Waals surface area contributed by atoms with Crippen LogP contribution in [-0.2, 0) is 13.6 Å². The first kappa shape index (κ1) is 11.1. The van der Waals surface area contributed by atoms with Gasteiger partial charge in [0, 0.05) is 31.7 Å². The second-order valence-electron chi connectivity index (χ2n) is 4.79. The first-order chi connectivity index (χ1) is 7.11. The van der Waals surface area contributed by atoms with Gasteiger partial charge in [-0.15, -0.1) is 5.10 Å². The molecule has 2 rings (SSSR count). The van der Waals surface area contributed by atoms with E-state index in [1.165, 1.54) is 13.0 Å². The molecule has 0 bridgehead atoms. The van der Waals surface area contributed by atoms with Crippen LogP contribution in [0, 0.1) is 5.41 Å². The van der Waals surface area contributed by atoms with Gasteiger partial charge in [0.15, 0.2) is 0 Å².